The maximum atomic E-state index is 12.8. The molecule has 4 rings (SSSR count). The summed E-state index contributed by atoms with van der Waals surface area (Å²) < 4.78 is 28.0. The van der Waals surface area contributed by atoms with Crippen LogP contribution in [0, 0.1) is 0 Å². The molecule has 31 heavy (non-hydrogen) atoms. The van der Waals surface area contributed by atoms with Crippen molar-refractivity contribution in [3.63, 3.8) is 0 Å². The van der Waals surface area contributed by atoms with Gasteiger partial charge in [-0.2, -0.15) is 0 Å². The van der Waals surface area contributed by atoms with Gasteiger partial charge in [0, 0.05) is 21.7 Å². The number of thiazole rings is 1. The van der Waals surface area contributed by atoms with E-state index in [2.05, 4.69) is 31.0 Å². The first-order valence-corrected chi connectivity index (χ1v) is 12.1. The van der Waals surface area contributed by atoms with Crippen LogP contribution in [0.3, 0.4) is 0 Å². The molecule has 0 radical (unpaired) electrons. The lowest BCUT2D eigenvalue weighted by atomic mass is 10.3. The van der Waals surface area contributed by atoms with Crippen molar-refractivity contribution in [2.24, 2.45) is 0 Å². The van der Waals surface area contributed by atoms with Gasteiger partial charge in [-0.15, -0.1) is 11.3 Å². The molecule has 0 fully saturated rings. The van der Waals surface area contributed by atoms with Gasteiger partial charge in [-0.1, -0.05) is 27.5 Å². The average molecular weight is 540 g/mol. The molecule has 0 aliphatic carbocycles. The number of anilines is 3. The molecule has 158 valence electrons. The third-order valence-electron chi connectivity index (χ3n) is 4.20. The maximum absolute atomic E-state index is 12.8. The first kappa shape index (κ1) is 21.5. The molecule has 0 saturated carbocycles. The van der Waals surface area contributed by atoms with Crippen molar-refractivity contribution < 1.29 is 18.0 Å². The molecule has 0 saturated heterocycles. The second-order valence-corrected chi connectivity index (χ2v) is 10.1. The minimum absolute atomic E-state index is 0.0126. The number of sulfonamides is 1. The fraction of sp³-hybridized carbons (Fsp3) is 0. The Morgan fingerprint density at radius 1 is 1.00 bits per heavy atom. The average Bonchev–Trinajstić information content (AvgIpc) is 3.32. The highest BCUT2D eigenvalue weighted by Gasteiger charge is 2.38. The first-order chi connectivity index (χ1) is 14.8. The van der Waals surface area contributed by atoms with Gasteiger partial charge >= 0.3 is 0 Å². The largest absolute Gasteiger partial charge is 0.350 e. The summed E-state index contributed by atoms with van der Waals surface area (Å²) in [4.78, 5) is 30.2. The predicted octanol–water partition coefficient (Wildman–Crippen LogP) is 4.14. The molecular formula is C19H12BrClN4O4S2. The first-order valence-electron chi connectivity index (χ1n) is 8.60. The van der Waals surface area contributed by atoms with E-state index < -0.39 is 21.8 Å². The van der Waals surface area contributed by atoms with Gasteiger partial charge in [-0.3, -0.25) is 14.3 Å². The van der Waals surface area contributed by atoms with Crippen molar-refractivity contribution in [1.82, 2.24) is 4.98 Å². The Morgan fingerprint density at radius 3 is 2.29 bits per heavy atom. The van der Waals surface area contributed by atoms with Crippen LogP contribution in [-0.4, -0.2) is 25.2 Å². The number of carbonyl (C=O) groups excluding carboxylic acids is 2. The summed E-state index contributed by atoms with van der Waals surface area (Å²) in [5, 5.41) is 4.46. The monoisotopic (exact) mass is 538 g/mol. The van der Waals surface area contributed by atoms with E-state index in [4.69, 9.17) is 11.6 Å². The SMILES string of the molecule is O=C1C(Cl)=C(Nc2ccc(S(=O)(=O)Nc3nccs3)cc2)C(=O)N1c1ccc(Br)cc1. The van der Waals surface area contributed by atoms with Crippen LogP contribution in [-0.2, 0) is 19.6 Å². The molecule has 0 spiro atoms. The van der Waals surface area contributed by atoms with Crippen molar-refractivity contribution in [2.45, 2.75) is 4.90 Å². The van der Waals surface area contributed by atoms with Crippen LogP contribution in [0.15, 0.2) is 80.2 Å². The lowest BCUT2D eigenvalue weighted by Crippen LogP contribution is -2.32. The number of hydrogen-bond acceptors (Lipinski definition) is 7. The summed E-state index contributed by atoms with van der Waals surface area (Å²) in [5.41, 5.74) is 0.675. The van der Waals surface area contributed by atoms with Gasteiger partial charge in [0.05, 0.1) is 10.6 Å². The second kappa shape index (κ2) is 8.42. The molecule has 2 aromatic carbocycles. The third kappa shape index (κ3) is 4.35. The van der Waals surface area contributed by atoms with Crippen molar-refractivity contribution >= 4 is 77.2 Å². The normalized spacial score (nSPS) is 14.3. The third-order valence-corrected chi connectivity index (χ3v) is 7.25. The van der Waals surface area contributed by atoms with Crippen LogP contribution in [0.2, 0.25) is 0 Å². The summed E-state index contributed by atoms with van der Waals surface area (Å²) in [6.07, 6.45) is 1.49. The summed E-state index contributed by atoms with van der Waals surface area (Å²) in [6, 6.07) is 12.3. The van der Waals surface area contributed by atoms with E-state index in [-0.39, 0.29) is 20.8 Å². The summed E-state index contributed by atoms with van der Waals surface area (Å²) >= 11 is 10.6. The van der Waals surface area contributed by atoms with E-state index in [1.807, 2.05) is 0 Å². The minimum Gasteiger partial charge on any atom is -0.350 e. The van der Waals surface area contributed by atoms with Crippen molar-refractivity contribution in [2.75, 3.05) is 14.9 Å². The van der Waals surface area contributed by atoms with Crippen molar-refractivity contribution in [3.05, 3.63) is 75.3 Å². The lowest BCUT2D eigenvalue weighted by Gasteiger charge is -2.15. The molecule has 2 amide bonds. The molecule has 1 aromatic heterocycles. The smallest absolute Gasteiger partial charge is 0.283 e. The molecule has 1 aliphatic heterocycles. The standard InChI is InChI=1S/C19H12BrClN4O4S2/c20-11-1-5-13(6-2-11)25-17(26)15(21)16(18(25)27)23-12-3-7-14(8-4-12)31(28,29)24-19-22-9-10-30-19/h1-10,23H,(H,22,24). The Labute approximate surface area is 194 Å². The molecule has 1 aliphatic rings. The van der Waals surface area contributed by atoms with E-state index in [9.17, 15) is 18.0 Å². The van der Waals surface area contributed by atoms with E-state index in [0.717, 1.165) is 20.7 Å². The fourth-order valence-corrected chi connectivity index (χ4v) is 5.01. The zero-order valence-electron chi connectivity index (χ0n) is 15.4. The van der Waals surface area contributed by atoms with Gasteiger partial charge in [0.1, 0.15) is 10.7 Å². The van der Waals surface area contributed by atoms with Crippen LogP contribution in [0.25, 0.3) is 0 Å². The molecule has 12 heteroatoms. The number of amides is 2. The molecule has 3 aromatic rings. The number of rotatable bonds is 6. The highest BCUT2D eigenvalue weighted by atomic mass is 79.9. The number of carbonyl (C=O) groups is 2. The Hall–Kier alpha value is -2.73. The van der Waals surface area contributed by atoms with Crippen LogP contribution < -0.4 is 14.9 Å². The van der Waals surface area contributed by atoms with E-state index >= 15 is 0 Å². The van der Waals surface area contributed by atoms with Crippen LogP contribution >= 0.6 is 38.9 Å². The fourth-order valence-electron chi connectivity index (χ4n) is 2.75. The van der Waals surface area contributed by atoms with Gasteiger partial charge < -0.3 is 5.32 Å². The summed E-state index contributed by atoms with van der Waals surface area (Å²) in [7, 11) is -3.81. The Bertz CT molecular complexity index is 1290. The molecule has 0 atom stereocenters. The number of nitrogens with zero attached hydrogens (tertiary/aromatic N) is 2. The van der Waals surface area contributed by atoms with Crippen LogP contribution in [0.4, 0.5) is 16.5 Å². The van der Waals surface area contributed by atoms with Gasteiger partial charge in [-0.05, 0) is 48.5 Å². The molecule has 8 nitrogen and oxygen atoms in total. The number of hydrogen-bond donors (Lipinski definition) is 2. The Kier molecular flexibility index (Phi) is 5.84. The lowest BCUT2D eigenvalue weighted by molar-refractivity contribution is -0.120. The van der Waals surface area contributed by atoms with Crippen molar-refractivity contribution in [1.29, 1.82) is 0 Å². The molecule has 2 heterocycles. The van der Waals surface area contributed by atoms with Gasteiger partial charge in [0.2, 0.25) is 0 Å². The zero-order valence-corrected chi connectivity index (χ0v) is 19.3. The zero-order chi connectivity index (χ0) is 22.2. The topological polar surface area (TPSA) is 108 Å². The maximum Gasteiger partial charge on any atom is 0.283 e. The Morgan fingerprint density at radius 2 is 1.68 bits per heavy atom. The number of imide groups is 1. The molecular weight excluding hydrogens is 528 g/mol. The summed E-state index contributed by atoms with van der Waals surface area (Å²) in [6.45, 7) is 0. The van der Waals surface area contributed by atoms with E-state index in [0.29, 0.717) is 11.4 Å². The highest BCUT2D eigenvalue weighted by Crippen LogP contribution is 2.31. The van der Waals surface area contributed by atoms with Crippen molar-refractivity contribution in [3.8, 4) is 0 Å². The molecule has 0 unspecified atom stereocenters. The van der Waals surface area contributed by atoms with Gasteiger partial charge in [0.15, 0.2) is 5.13 Å². The highest BCUT2D eigenvalue weighted by molar-refractivity contribution is 9.10. The van der Waals surface area contributed by atoms with Crippen LogP contribution in [0.1, 0.15) is 0 Å². The van der Waals surface area contributed by atoms with E-state index in [1.54, 1.807) is 29.6 Å². The molecule has 2 N–H and O–H groups in total. The quantitative estimate of drug-likeness (QED) is 0.456. The van der Waals surface area contributed by atoms with E-state index in [1.165, 1.54) is 30.5 Å². The second-order valence-electron chi connectivity index (χ2n) is 6.20. The predicted molar refractivity (Wildman–Crippen MR) is 123 cm³/mol. The van der Waals surface area contributed by atoms with Gasteiger partial charge in [0.25, 0.3) is 21.8 Å². The number of aromatic nitrogens is 1. The number of halogens is 2. The number of nitrogens with one attached hydrogen (secondary N) is 2. The Balaban J connectivity index is 1.53. The summed E-state index contributed by atoms with van der Waals surface area (Å²) in [5.74, 6) is -1.26. The van der Waals surface area contributed by atoms with Gasteiger partial charge in [-0.25, -0.2) is 18.3 Å². The molecule has 0 bridgehead atoms. The number of benzene rings is 2. The van der Waals surface area contributed by atoms with Crippen LogP contribution in [0.5, 0.6) is 0 Å². The minimum atomic E-state index is -3.81.